The fraction of sp³-hybridized carbons (Fsp3) is 0.571. The predicted molar refractivity (Wildman–Crippen MR) is 40.7 cm³/mol. The van der Waals surface area contributed by atoms with Crippen molar-refractivity contribution in [3.8, 4) is 0 Å². The molecular weight excluding hydrogens is 160 g/mol. The van der Waals surface area contributed by atoms with Crippen LogP contribution in [0.25, 0.3) is 0 Å². The van der Waals surface area contributed by atoms with Crippen molar-refractivity contribution in [1.29, 1.82) is 0 Å². The highest BCUT2D eigenvalue weighted by molar-refractivity contribution is 6.58. The summed E-state index contributed by atoms with van der Waals surface area (Å²) in [4.78, 5) is 31.6. The molecule has 0 bridgehead atoms. The maximum absolute atomic E-state index is 11.0. The Hall–Kier alpha value is -1.07. The molecule has 1 aliphatic rings. The minimum atomic E-state index is -0.962. The van der Waals surface area contributed by atoms with Gasteiger partial charge in [0.15, 0.2) is 6.29 Å². The van der Waals surface area contributed by atoms with Crippen LogP contribution in [-0.2, 0) is 14.4 Å². The Morgan fingerprint density at radius 3 is 2.58 bits per heavy atom. The summed E-state index contributed by atoms with van der Waals surface area (Å²) in [5.41, 5.74) is 0. The lowest BCUT2D eigenvalue weighted by Gasteiger charge is -2.21. The minimum Gasteiger partial charge on any atom is -0.313 e. The SMILES string of the molecule is O=CC(=O)C(=O)C1CNCCN1. The molecule has 1 fully saturated rings. The topological polar surface area (TPSA) is 75.3 Å². The zero-order valence-corrected chi connectivity index (χ0v) is 6.50. The van der Waals surface area contributed by atoms with Crippen LogP contribution in [0.2, 0.25) is 0 Å². The van der Waals surface area contributed by atoms with E-state index in [2.05, 4.69) is 10.6 Å². The summed E-state index contributed by atoms with van der Waals surface area (Å²) in [6, 6.07) is -0.531. The van der Waals surface area contributed by atoms with Gasteiger partial charge < -0.3 is 10.6 Å². The van der Waals surface area contributed by atoms with Gasteiger partial charge in [-0.3, -0.25) is 14.4 Å². The van der Waals surface area contributed by atoms with Gasteiger partial charge in [0.1, 0.15) is 0 Å². The molecule has 5 heteroatoms. The molecule has 0 aromatic carbocycles. The van der Waals surface area contributed by atoms with E-state index in [0.29, 0.717) is 13.1 Å². The number of hydrogen-bond donors (Lipinski definition) is 2. The largest absolute Gasteiger partial charge is 0.313 e. The van der Waals surface area contributed by atoms with Gasteiger partial charge in [-0.15, -0.1) is 0 Å². The number of Topliss-reactive ketones (excluding diaryl/α,β-unsaturated/α-hetero) is 2. The monoisotopic (exact) mass is 170 g/mol. The van der Waals surface area contributed by atoms with Gasteiger partial charge in [-0.25, -0.2) is 0 Å². The highest BCUT2D eigenvalue weighted by atomic mass is 16.2. The number of rotatable bonds is 3. The van der Waals surface area contributed by atoms with Crippen LogP contribution < -0.4 is 10.6 Å². The van der Waals surface area contributed by atoms with E-state index in [9.17, 15) is 14.4 Å². The van der Waals surface area contributed by atoms with Gasteiger partial charge in [-0.05, 0) is 0 Å². The summed E-state index contributed by atoms with van der Waals surface area (Å²) in [5.74, 6) is -1.62. The molecule has 0 saturated carbocycles. The van der Waals surface area contributed by atoms with Gasteiger partial charge in [0, 0.05) is 19.6 Å². The van der Waals surface area contributed by atoms with Gasteiger partial charge in [-0.1, -0.05) is 0 Å². The third kappa shape index (κ3) is 1.96. The van der Waals surface area contributed by atoms with Crippen molar-refractivity contribution in [2.75, 3.05) is 19.6 Å². The molecule has 12 heavy (non-hydrogen) atoms. The third-order valence-electron chi connectivity index (χ3n) is 1.71. The van der Waals surface area contributed by atoms with Crippen molar-refractivity contribution in [1.82, 2.24) is 10.6 Å². The number of carbonyl (C=O) groups is 3. The van der Waals surface area contributed by atoms with Crippen molar-refractivity contribution in [2.24, 2.45) is 0 Å². The number of nitrogens with one attached hydrogen (secondary N) is 2. The Morgan fingerprint density at radius 1 is 1.33 bits per heavy atom. The van der Waals surface area contributed by atoms with E-state index in [4.69, 9.17) is 0 Å². The molecule has 0 amide bonds. The van der Waals surface area contributed by atoms with Gasteiger partial charge in [0.05, 0.1) is 6.04 Å². The van der Waals surface area contributed by atoms with E-state index in [-0.39, 0.29) is 6.29 Å². The normalized spacial score (nSPS) is 23.2. The molecule has 0 spiro atoms. The van der Waals surface area contributed by atoms with E-state index in [1.54, 1.807) is 0 Å². The molecule has 1 unspecified atom stereocenters. The first kappa shape index (κ1) is 9.02. The molecule has 0 aromatic rings. The summed E-state index contributed by atoms with van der Waals surface area (Å²) >= 11 is 0. The molecule has 1 heterocycles. The van der Waals surface area contributed by atoms with E-state index < -0.39 is 17.6 Å². The number of hydrogen-bond acceptors (Lipinski definition) is 5. The first-order valence-electron chi connectivity index (χ1n) is 3.73. The first-order valence-corrected chi connectivity index (χ1v) is 3.73. The average Bonchev–Trinajstić information content (AvgIpc) is 2.17. The molecule has 0 aliphatic carbocycles. The Balaban J connectivity index is 2.50. The maximum atomic E-state index is 11.0. The quantitative estimate of drug-likeness (QED) is 0.288. The second-order valence-electron chi connectivity index (χ2n) is 2.56. The van der Waals surface area contributed by atoms with E-state index in [1.165, 1.54) is 0 Å². The zero-order chi connectivity index (χ0) is 8.97. The van der Waals surface area contributed by atoms with Crippen LogP contribution in [0.3, 0.4) is 0 Å². The van der Waals surface area contributed by atoms with Crippen molar-refractivity contribution in [2.45, 2.75) is 6.04 Å². The summed E-state index contributed by atoms with van der Waals surface area (Å²) in [5, 5.41) is 5.79. The van der Waals surface area contributed by atoms with Gasteiger partial charge in [0.2, 0.25) is 5.78 Å². The second-order valence-corrected chi connectivity index (χ2v) is 2.56. The third-order valence-corrected chi connectivity index (χ3v) is 1.71. The van der Waals surface area contributed by atoms with Crippen molar-refractivity contribution in [3.63, 3.8) is 0 Å². The van der Waals surface area contributed by atoms with Crippen LogP contribution in [0.5, 0.6) is 0 Å². The number of ketones is 2. The number of carbonyl (C=O) groups excluding carboxylic acids is 3. The highest BCUT2D eigenvalue weighted by Crippen LogP contribution is 1.89. The molecule has 5 nitrogen and oxygen atoms in total. The fourth-order valence-electron chi connectivity index (χ4n) is 1.07. The Morgan fingerprint density at radius 2 is 2.08 bits per heavy atom. The Bertz CT molecular complexity index is 209. The molecule has 0 aromatic heterocycles. The van der Waals surface area contributed by atoms with Crippen LogP contribution in [-0.4, -0.2) is 43.5 Å². The van der Waals surface area contributed by atoms with Crippen LogP contribution in [0.1, 0.15) is 0 Å². The zero-order valence-electron chi connectivity index (χ0n) is 6.50. The molecular formula is C7H10N2O3. The van der Waals surface area contributed by atoms with Crippen LogP contribution in [0.15, 0.2) is 0 Å². The van der Waals surface area contributed by atoms with Crippen molar-refractivity contribution < 1.29 is 14.4 Å². The van der Waals surface area contributed by atoms with Crippen LogP contribution in [0, 0.1) is 0 Å². The molecule has 1 aliphatic heterocycles. The fourth-order valence-corrected chi connectivity index (χ4v) is 1.07. The summed E-state index contributed by atoms with van der Waals surface area (Å²) in [6.07, 6.45) is 0.0542. The van der Waals surface area contributed by atoms with Gasteiger partial charge in [0.25, 0.3) is 5.78 Å². The molecule has 2 N–H and O–H groups in total. The van der Waals surface area contributed by atoms with Crippen molar-refractivity contribution >= 4 is 17.9 Å². The second kappa shape index (κ2) is 4.08. The Kier molecular flexibility index (Phi) is 3.07. The lowest BCUT2D eigenvalue weighted by molar-refractivity contribution is -0.141. The standard InChI is InChI=1S/C7H10N2O3/c10-4-6(11)7(12)5-3-8-1-2-9-5/h4-5,8-9H,1-3H2. The molecule has 1 saturated heterocycles. The summed E-state index contributed by atoms with van der Waals surface area (Å²) in [7, 11) is 0. The predicted octanol–water partition coefficient (Wildman–Crippen LogP) is -2.12. The first-order chi connectivity index (χ1) is 5.75. The minimum absolute atomic E-state index is 0.0542. The van der Waals surface area contributed by atoms with Gasteiger partial charge in [-0.2, -0.15) is 0 Å². The van der Waals surface area contributed by atoms with Gasteiger partial charge >= 0.3 is 0 Å². The van der Waals surface area contributed by atoms with E-state index >= 15 is 0 Å². The molecule has 1 atom stereocenters. The summed E-state index contributed by atoms with van der Waals surface area (Å²) < 4.78 is 0. The molecule has 66 valence electrons. The van der Waals surface area contributed by atoms with Crippen LogP contribution >= 0.6 is 0 Å². The highest BCUT2D eigenvalue weighted by Gasteiger charge is 2.25. The van der Waals surface area contributed by atoms with E-state index in [0.717, 1.165) is 6.54 Å². The average molecular weight is 170 g/mol. The van der Waals surface area contributed by atoms with Crippen molar-refractivity contribution in [3.05, 3.63) is 0 Å². The number of aldehydes is 1. The maximum Gasteiger partial charge on any atom is 0.262 e. The molecule has 0 radical (unpaired) electrons. The summed E-state index contributed by atoms with van der Waals surface area (Å²) in [6.45, 7) is 1.83. The molecule has 1 rings (SSSR count). The van der Waals surface area contributed by atoms with Crippen LogP contribution in [0.4, 0.5) is 0 Å². The lowest BCUT2D eigenvalue weighted by atomic mass is 10.1. The van der Waals surface area contributed by atoms with E-state index in [1.807, 2.05) is 0 Å². The lowest BCUT2D eigenvalue weighted by Crippen LogP contribution is -2.54. The number of piperazine rings is 1. The Labute approximate surface area is 69.5 Å². The smallest absolute Gasteiger partial charge is 0.262 e.